The van der Waals surface area contributed by atoms with E-state index >= 15 is 0 Å². The van der Waals surface area contributed by atoms with Crippen molar-refractivity contribution in [1.82, 2.24) is 4.90 Å². The zero-order chi connectivity index (χ0) is 32.8. The largest absolute Gasteiger partial charge is 0.489 e. The summed E-state index contributed by atoms with van der Waals surface area (Å²) in [5.41, 5.74) is 0.875. The van der Waals surface area contributed by atoms with Gasteiger partial charge in [-0.25, -0.2) is 9.64 Å². The molecule has 45 heavy (non-hydrogen) atoms. The van der Waals surface area contributed by atoms with Gasteiger partial charge in [0.05, 0.1) is 30.3 Å². The molecule has 242 valence electrons. The van der Waals surface area contributed by atoms with Crippen LogP contribution in [0, 0.1) is 23.3 Å². The third-order valence-electron chi connectivity index (χ3n) is 9.96. The molecule has 3 fully saturated rings. The first-order valence-electron chi connectivity index (χ1n) is 15.9. The van der Waals surface area contributed by atoms with Gasteiger partial charge in [-0.1, -0.05) is 45.4 Å². The van der Waals surface area contributed by atoms with Crippen LogP contribution >= 0.6 is 11.6 Å². The summed E-state index contributed by atoms with van der Waals surface area (Å²) in [6, 6.07) is 13.1. The first-order valence-corrected chi connectivity index (χ1v) is 16.3. The van der Waals surface area contributed by atoms with Crippen LogP contribution in [0.15, 0.2) is 42.5 Å². The van der Waals surface area contributed by atoms with Crippen LogP contribution in [0.4, 0.5) is 16.2 Å². The summed E-state index contributed by atoms with van der Waals surface area (Å²) in [7, 11) is 0. The second-order valence-electron chi connectivity index (χ2n) is 15.0. The van der Waals surface area contributed by atoms with Crippen molar-refractivity contribution in [3.05, 3.63) is 64.5 Å². The number of Topliss-reactive ketones (excluding diaryl/α,β-unsaturated/α-hetero) is 1. The topological polar surface area (TPSA) is 72.7 Å². The predicted molar refractivity (Wildman–Crippen MR) is 177 cm³/mol. The molecule has 2 saturated heterocycles. The summed E-state index contributed by atoms with van der Waals surface area (Å²) in [6.45, 7) is 24.7. The molecular formula is C36H46ClN3O5. The Bertz CT molecular complexity index is 1450. The van der Waals surface area contributed by atoms with Crippen molar-refractivity contribution in [2.24, 2.45) is 16.7 Å². The van der Waals surface area contributed by atoms with E-state index < -0.39 is 5.60 Å². The van der Waals surface area contributed by atoms with Gasteiger partial charge in [0.1, 0.15) is 17.5 Å². The molecule has 1 aliphatic carbocycles. The molecular weight excluding hydrogens is 590 g/mol. The summed E-state index contributed by atoms with van der Waals surface area (Å²) < 4.78 is 18.3. The summed E-state index contributed by atoms with van der Waals surface area (Å²) in [4.78, 5) is 33.7. The van der Waals surface area contributed by atoms with Crippen molar-refractivity contribution in [2.75, 3.05) is 37.7 Å². The number of carbonyl (C=O) groups is 2. The lowest BCUT2D eigenvalue weighted by Gasteiger charge is -2.63. The summed E-state index contributed by atoms with van der Waals surface area (Å²) in [6.07, 6.45) is 1.69. The van der Waals surface area contributed by atoms with Crippen LogP contribution in [-0.4, -0.2) is 66.9 Å². The lowest BCUT2D eigenvalue weighted by atomic mass is 9.44. The van der Waals surface area contributed by atoms with E-state index in [0.717, 1.165) is 31.6 Å². The number of amides is 1. The third kappa shape index (κ3) is 6.80. The van der Waals surface area contributed by atoms with E-state index in [2.05, 4.69) is 37.4 Å². The summed E-state index contributed by atoms with van der Waals surface area (Å²) >= 11 is 6.25. The normalized spacial score (nSPS) is 23.5. The molecule has 0 aromatic heterocycles. The molecule has 0 bridgehead atoms. The standard InChI is InChI=1S/C36H46ClN3O5/c1-33(2,3)45-32(42)40-19-20-43-36(23-40)15-17-39(18-16-36)25-11-9-24(10-12-25)29(41)22-30-34(4,5)31(35(30,6)7)44-26-13-14-28(38-8)27(37)21-26/h9-14,21,30-31H,15-20,22-23H2,1-7H3. The van der Waals surface area contributed by atoms with Crippen LogP contribution in [0.1, 0.15) is 78.1 Å². The minimum absolute atomic E-state index is 0.105. The van der Waals surface area contributed by atoms with Gasteiger partial charge in [0.25, 0.3) is 0 Å². The van der Waals surface area contributed by atoms with Crippen molar-refractivity contribution in [3.8, 4) is 5.75 Å². The molecule has 2 aliphatic heterocycles. The van der Waals surface area contributed by atoms with E-state index in [1.807, 2.05) is 45.0 Å². The number of morpholine rings is 1. The summed E-state index contributed by atoms with van der Waals surface area (Å²) in [5, 5.41) is 0.379. The summed E-state index contributed by atoms with van der Waals surface area (Å²) in [5.74, 6) is 0.901. The number of carbonyl (C=O) groups excluding carboxylic acids is 2. The predicted octanol–water partition coefficient (Wildman–Crippen LogP) is 8.20. The maximum absolute atomic E-state index is 13.5. The fraction of sp³-hybridized carbons (Fsp3) is 0.583. The molecule has 2 aromatic carbocycles. The molecule has 1 spiro atoms. The number of hydrogen-bond donors (Lipinski definition) is 0. The number of ketones is 1. The molecule has 0 atom stereocenters. The number of rotatable bonds is 6. The molecule has 0 radical (unpaired) electrons. The van der Waals surface area contributed by atoms with E-state index in [1.165, 1.54) is 0 Å². The van der Waals surface area contributed by atoms with Crippen LogP contribution in [0.5, 0.6) is 5.75 Å². The van der Waals surface area contributed by atoms with Crippen molar-refractivity contribution < 1.29 is 23.8 Å². The van der Waals surface area contributed by atoms with Crippen molar-refractivity contribution in [3.63, 3.8) is 0 Å². The molecule has 5 rings (SSSR count). The number of halogens is 1. The first-order chi connectivity index (χ1) is 21.0. The Hall–Kier alpha value is -3.28. The van der Waals surface area contributed by atoms with Gasteiger partial charge in [-0.15, -0.1) is 0 Å². The van der Waals surface area contributed by atoms with Crippen molar-refractivity contribution in [1.29, 1.82) is 0 Å². The number of benzene rings is 2. The molecule has 2 heterocycles. The maximum atomic E-state index is 13.5. The zero-order valence-electron chi connectivity index (χ0n) is 27.6. The molecule has 0 unspecified atom stereocenters. The monoisotopic (exact) mass is 635 g/mol. The smallest absolute Gasteiger partial charge is 0.410 e. The fourth-order valence-corrected chi connectivity index (χ4v) is 7.98. The van der Waals surface area contributed by atoms with E-state index in [9.17, 15) is 9.59 Å². The molecule has 1 saturated carbocycles. The number of anilines is 1. The van der Waals surface area contributed by atoms with Gasteiger partial charge in [0, 0.05) is 48.1 Å². The highest BCUT2D eigenvalue weighted by atomic mass is 35.5. The highest BCUT2D eigenvalue weighted by molar-refractivity contribution is 6.33. The van der Waals surface area contributed by atoms with Crippen LogP contribution < -0.4 is 9.64 Å². The van der Waals surface area contributed by atoms with Gasteiger partial charge in [-0.05, 0) is 75.9 Å². The van der Waals surface area contributed by atoms with Gasteiger partial charge in [0.15, 0.2) is 5.78 Å². The minimum atomic E-state index is -0.524. The van der Waals surface area contributed by atoms with Gasteiger partial charge in [0.2, 0.25) is 5.69 Å². The van der Waals surface area contributed by atoms with Crippen LogP contribution in [0.25, 0.3) is 4.85 Å². The van der Waals surface area contributed by atoms with Gasteiger partial charge in [-0.3, -0.25) is 4.79 Å². The van der Waals surface area contributed by atoms with Gasteiger partial charge < -0.3 is 24.0 Å². The molecule has 8 nitrogen and oxygen atoms in total. The van der Waals surface area contributed by atoms with E-state index in [-0.39, 0.29) is 40.3 Å². The quantitative estimate of drug-likeness (QED) is 0.235. The van der Waals surface area contributed by atoms with Crippen LogP contribution in [0.2, 0.25) is 5.02 Å². The molecule has 2 aromatic rings. The molecule has 3 aliphatic rings. The second kappa shape index (κ2) is 12.1. The average Bonchev–Trinajstić information content (AvgIpc) is 2.98. The number of hydrogen-bond acceptors (Lipinski definition) is 6. The van der Waals surface area contributed by atoms with E-state index in [1.54, 1.807) is 23.1 Å². The highest BCUT2D eigenvalue weighted by Crippen LogP contribution is 2.62. The Morgan fingerprint density at radius 3 is 2.24 bits per heavy atom. The fourth-order valence-electron chi connectivity index (χ4n) is 7.77. The average molecular weight is 636 g/mol. The first kappa shape index (κ1) is 33.1. The van der Waals surface area contributed by atoms with Gasteiger partial charge in [-0.2, -0.15) is 0 Å². The number of piperidine rings is 1. The zero-order valence-corrected chi connectivity index (χ0v) is 28.4. The highest BCUT2D eigenvalue weighted by Gasteiger charge is 2.63. The van der Waals surface area contributed by atoms with E-state index in [0.29, 0.717) is 48.1 Å². The lowest BCUT2D eigenvalue weighted by molar-refractivity contribution is -0.196. The molecule has 0 N–H and O–H groups in total. The Labute approximate surface area is 272 Å². The molecule has 1 amide bonds. The van der Waals surface area contributed by atoms with E-state index in [4.69, 9.17) is 32.4 Å². The maximum Gasteiger partial charge on any atom is 0.410 e. The Morgan fingerprint density at radius 2 is 1.67 bits per heavy atom. The number of nitrogens with zero attached hydrogens (tertiary/aromatic N) is 3. The van der Waals surface area contributed by atoms with Crippen LogP contribution in [0.3, 0.4) is 0 Å². The lowest BCUT2D eigenvalue weighted by Crippen LogP contribution is -2.66. The number of ether oxygens (including phenoxy) is 3. The molecule has 9 heteroatoms. The SMILES string of the molecule is [C-]#[N+]c1ccc(OC2C(C)(C)C(CC(=O)c3ccc(N4CCC5(CC4)CN(C(=O)OC(C)(C)C)CCO5)cc3)C2(C)C)cc1Cl. The van der Waals surface area contributed by atoms with Crippen molar-refractivity contribution in [2.45, 2.75) is 85.0 Å². The third-order valence-corrected chi connectivity index (χ3v) is 10.3. The van der Waals surface area contributed by atoms with Crippen molar-refractivity contribution >= 4 is 34.9 Å². The Morgan fingerprint density at radius 1 is 1.02 bits per heavy atom. The minimum Gasteiger partial charge on any atom is -0.489 e. The Kier molecular flexibility index (Phi) is 8.93. The Balaban J connectivity index is 1.16. The van der Waals surface area contributed by atoms with Gasteiger partial charge >= 0.3 is 6.09 Å². The van der Waals surface area contributed by atoms with Crippen LogP contribution in [-0.2, 0) is 9.47 Å². The second-order valence-corrected chi connectivity index (χ2v) is 15.4.